The van der Waals surface area contributed by atoms with Crippen LogP contribution in [-0.2, 0) is 26.6 Å². The number of hydrogen-bond donors (Lipinski definition) is 0. The second-order valence-corrected chi connectivity index (χ2v) is 5.48. The highest BCUT2D eigenvalue weighted by atomic mass is 15.3. The van der Waals surface area contributed by atoms with Crippen LogP contribution in [0.15, 0.2) is 24.7 Å². The topological polar surface area (TPSA) is 46.8 Å². The first-order valence-electron chi connectivity index (χ1n) is 7.27. The Morgan fingerprint density at radius 1 is 1.35 bits per heavy atom. The van der Waals surface area contributed by atoms with Gasteiger partial charge in [-0.15, -0.1) is 0 Å². The first kappa shape index (κ1) is 13.2. The van der Waals surface area contributed by atoms with Crippen LogP contribution in [0.1, 0.15) is 36.8 Å². The molecule has 0 amide bonds. The molecule has 0 spiro atoms. The predicted molar refractivity (Wildman–Crippen MR) is 76.9 cm³/mol. The van der Waals surface area contributed by atoms with Gasteiger partial charge < -0.3 is 0 Å². The molecule has 2 heterocycles. The fourth-order valence-corrected chi connectivity index (χ4v) is 2.45. The number of aryl methyl sites for hydroxylation is 2. The summed E-state index contributed by atoms with van der Waals surface area (Å²) in [5, 5.41) is 4.25. The van der Waals surface area contributed by atoms with Gasteiger partial charge in [-0.3, -0.25) is 9.58 Å². The molecule has 0 unspecified atom stereocenters. The van der Waals surface area contributed by atoms with Gasteiger partial charge in [0, 0.05) is 50.6 Å². The molecule has 1 aliphatic rings. The average Bonchev–Trinajstić information content (AvgIpc) is 3.22. The summed E-state index contributed by atoms with van der Waals surface area (Å²) in [7, 11) is 1.96. The van der Waals surface area contributed by atoms with Crippen LogP contribution in [0.4, 0.5) is 0 Å². The molecular formula is C15H21N5. The molecule has 0 atom stereocenters. The van der Waals surface area contributed by atoms with E-state index in [1.165, 1.54) is 18.4 Å². The Bertz CT molecular complexity index is 573. The zero-order valence-corrected chi connectivity index (χ0v) is 12.2. The van der Waals surface area contributed by atoms with Crippen LogP contribution in [0.5, 0.6) is 0 Å². The van der Waals surface area contributed by atoms with Crippen molar-refractivity contribution in [3.63, 3.8) is 0 Å². The molecule has 0 N–H and O–H groups in total. The lowest BCUT2D eigenvalue weighted by molar-refractivity contribution is 0.242. The zero-order valence-electron chi connectivity index (χ0n) is 12.2. The Morgan fingerprint density at radius 3 is 2.85 bits per heavy atom. The van der Waals surface area contributed by atoms with Gasteiger partial charge in [0.25, 0.3) is 0 Å². The van der Waals surface area contributed by atoms with Crippen molar-refractivity contribution in [2.45, 2.75) is 45.3 Å². The van der Waals surface area contributed by atoms with Gasteiger partial charge in [-0.2, -0.15) is 5.10 Å². The molecule has 5 heteroatoms. The monoisotopic (exact) mass is 271 g/mol. The van der Waals surface area contributed by atoms with Gasteiger partial charge in [0.15, 0.2) is 0 Å². The van der Waals surface area contributed by atoms with E-state index in [0.717, 1.165) is 31.0 Å². The molecule has 0 aromatic carbocycles. The number of rotatable bonds is 6. The molecule has 1 aliphatic carbocycles. The van der Waals surface area contributed by atoms with E-state index in [1.807, 2.05) is 30.2 Å². The van der Waals surface area contributed by atoms with Crippen molar-refractivity contribution < 1.29 is 0 Å². The molecule has 2 aromatic heterocycles. The SMILES string of the molecule is CCc1nccc(CN(Cc2cnn(C)c2)C2CC2)n1. The number of aromatic nitrogens is 4. The van der Waals surface area contributed by atoms with E-state index in [1.54, 1.807) is 0 Å². The Morgan fingerprint density at radius 2 is 2.20 bits per heavy atom. The minimum Gasteiger partial charge on any atom is -0.290 e. The lowest BCUT2D eigenvalue weighted by Gasteiger charge is -2.20. The Labute approximate surface area is 119 Å². The van der Waals surface area contributed by atoms with Crippen molar-refractivity contribution in [1.82, 2.24) is 24.6 Å². The van der Waals surface area contributed by atoms with Crippen LogP contribution in [0.2, 0.25) is 0 Å². The van der Waals surface area contributed by atoms with Gasteiger partial charge in [-0.05, 0) is 18.9 Å². The summed E-state index contributed by atoms with van der Waals surface area (Å²) in [5.74, 6) is 0.930. The molecule has 1 saturated carbocycles. The molecule has 0 aliphatic heterocycles. The van der Waals surface area contributed by atoms with Crippen LogP contribution in [0.3, 0.4) is 0 Å². The van der Waals surface area contributed by atoms with E-state index in [2.05, 4.69) is 33.1 Å². The van der Waals surface area contributed by atoms with Crippen molar-refractivity contribution in [3.8, 4) is 0 Å². The highest BCUT2D eigenvalue weighted by Crippen LogP contribution is 2.29. The minimum absolute atomic E-state index is 0.704. The fraction of sp³-hybridized carbons (Fsp3) is 0.533. The smallest absolute Gasteiger partial charge is 0.128 e. The zero-order chi connectivity index (χ0) is 13.9. The second-order valence-electron chi connectivity index (χ2n) is 5.48. The van der Waals surface area contributed by atoms with Crippen LogP contribution in [-0.4, -0.2) is 30.7 Å². The number of hydrogen-bond acceptors (Lipinski definition) is 4. The molecule has 20 heavy (non-hydrogen) atoms. The molecule has 2 aromatic rings. The largest absolute Gasteiger partial charge is 0.290 e. The van der Waals surface area contributed by atoms with Crippen LogP contribution >= 0.6 is 0 Å². The standard InChI is InChI=1S/C15H21N5/c1-3-15-16-7-6-13(18-15)11-20(14-4-5-14)10-12-8-17-19(2)9-12/h6-9,14H,3-5,10-11H2,1-2H3. The lowest BCUT2D eigenvalue weighted by Crippen LogP contribution is -2.25. The normalized spacial score (nSPS) is 14.9. The fourth-order valence-electron chi connectivity index (χ4n) is 2.45. The quantitative estimate of drug-likeness (QED) is 0.805. The van der Waals surface area contributed by atoms with Crippen molar-refractivity contribution >= 4 is 0 Å². The van der Waals surface area contributed by atoms with Gasteiger partial charge >= 0.3 is 0 Å². The predicted octanol–water partition coefficient (Wildman–Crippen LogP) is 1.94. The van der Waals surface area contributed by atoms with Crippen LogP contribution in [0, 0.1) is 0 Å². The third-order valence-electron chi connectivity index (χ3n) is 3.65. The van der Waals surface area contributed by atoms with Gasteiger partial charge in [-0.1, -0.05) is 6.92 Å². The van der Waals surface area contributed by atoms with Crippen LogP contribution in [0.25, 0.3) is 0 Å². The molecule has 0 radical (unpaired) electrons. The summed E-state index contributed by atoms with van der Waals surface area (Å²) in [4.78, 5) is 11.4. The van der Waals surface area contributed by atoms with Crippen molar-refractivity contribution in [2.24, 2.45) is 7.05 Å². The third-order valence-corrected chi connectivity index (χ3v) is 3.65. The summed E-state index contributed by atoms with van der Waals surface area (Å²) in [6, 6.07) is 2.73. The van der Waals surface area contributed by atoms with E-state index >= 15 is 0 Å². The van der Waals surface area contributed by atoms with Gasteiger partial charge in [0.05, 0.1) is 11.9 Å². The summed E-state index contributed by atoms with van der Waals surface area (Å²) < 4.78 is 1.86. The molecule has 5 nitrogen and oxygen atoms in total. The Balaban J connectivity index is 1.70. The molecule has 0 saturated heterocycles. The maximum absolute atomic E-state index is 4.61. The minimum atomic E-state index is 0.704. The molecular weight excluding hydrogens is 250 g/mol. The van der Waals surface area contributed by atoms with E-state index < -0.39 is 0 Å². The van der Waals surface area contributed by atoms with Gasteiger partial charge in [0.2, 0.25) is 0 Å². The van der Waals surface area contributed by atoms with Gasteiger partial charge in [-0.25, -0.2) is 9.97 Å². The van der Waals surface area contributed by atoms with Crippen molar-refractivity contribution in [1.29, 1.82) is 0 Å². The second kappa shape index (κ2) is 5.71. The summed E-state index contributed by atoms with van der Waals surface area (Å²) >= 11 is 0. The highest BCUT2D eigenvalue weighted by molar-refractivity contribution is 5.08. The third kappa shape index (κ3) is 3.22. The molecule has 0 bridgehead atoms. The average molecular weight is 271 g/mol. The molecule has 1 fully saturated rings. The number of nitrogens with zero attached hydrogens (tertiary/aromatic N) is 5. The van der Waals surface area contributed by atoms with Crippen molar-refractivity contribution in [3.05, 3.63) is 41.7 Å². The van der Waals surface area contributed by atoms with E-state index in [0.29, 0.717) is 6.04 Å². The first-order chi connectivity index (χ1) is 9.74. The van der Waals surface area contributed by atoms with Crippen molar-refractivity contribution in [2.75, 3.05) is 0 Å². The molecule has 3 rings (SSSR count). The summed E-state index contributed by atoms with van der Waals surface area (Å²) in [6.07, 6.45) is 9.40. The Hall–Kier alpha value is -1.75. The maximum atomic E-state index is 4.61. The van der Waals surface area contributed by atoms with Gasteiger partial charge in [0.1, 0.15) is 5.82 Å². The summed E-state index contributed by atoms with van der Waals surface area (Å²) in [5.41, 5.74) is 2.39. The van der Waals surface area contributed by atoms with E-state index in [-0.39, 0.29) is 0 Å². The lowest BCUT2D eigenvalue weighted by atomic mass is 10.3. The van der Waals surface area contributed by atoms with E-state index in [4.69, 9.17) is 0 Å². The first-order valence-corrected chi connectivity index (χ1v) is 7.27. The highest BCUT2D eigenvalue weighted by Gasteiger charge is 2.29. The molecule has 106 valence electrons. The van der Waals surface area contributed by atoms with E-state index in [9.17, 15) is 0 Å². The maximum Gasteiger partial charge on any atom is 0.128 e. The van der Waals surface area contributed by atoms with Crippen LogP contribution < -0.4 is 0 Å². The Kier molecular flexibility index (Phi) is 3.78. The summed E-state index contributed by atoms with van der Waals surface area (Å²) in [6.45, 7) is 3.94.